The number of rotatable bonds is 5. The van der Waals surface area contributed by atoms with E-state index in [1.165, 1.54) is 12.0 Å². The van der Waals surface area contributed by atoms with E-state index in [0.29, 0.717) is 18.4 Å². The van der Waals surface area contributed by atoms with Crippen molar-refractivity contribution in [3.05, 3.63) is 35.9 Å². The van der Waals surface area contributed by atoms with Crippen LogP contribution in [-0.2, 0) is 10.2 Å². The van der Waals surface area contributed by atoms with Gasteiger partial charge in [-0.15, -0.1) is 0 Å². The van der Waals surface area contributed by atoms with Crippen molar-refractivity contribution in [3.63, 3.8) is 0 Å². The Bertz CT molecular complexity index is 552. The Balaban J connectivity index is 1.59. The average molecular weight is 344 g/mol. The van der Waals surface area contributed by atoms with E-state index in [4.69, 9.17) is 4.74 Å². The van der Waals surface area contributed by atoms with E-state index in [-0.39, 0.29) is 11.4 Å². The molecule has 0 spiro atoms. The topological polar surface area (TPSA) is 41.6 Å². The Hall–Kier alpha value is -1.55. The van der Waals surface area contributed by atoms with Gasteiger partial charge < -0.3 is 15.0 Å². The molecule has 0 bridgehead atoms. The summed E-state index contributed by atoms with van der Waals surface area (Å²) in [7, 11) is 0. The van der Waals surface area contributed by atoms with Crippen LogP contribution in [0.25, 0.3) is 0 Å². The Morgan fingerprint density at radius 2 is 2.00 bits per heavy atom. The van der Waals surface area contributed by atoms with Crippen molar-refractivity contribution < 1.29 is 9.53 Å². The molecule has 1 N–H and O–H groups in total. The summed E-state index contributed by atoms with van der Waals surface area (Å²) < 4.78 is 5.58. The fourth-order valence-corrected chi connectivity index (χ4v) is 4.35. The Morgan fingerprint density at radius 3 is 2.68 bits per heavy atom. The van der Waals surface area contributed by atoms with Gasteiger partial charge in [0.15, 0.2) is 0 Å². The van der Waals surface area contributed by atoms with Gasteiger partial charge in [0.1, 0.15) is 0 Å². The van der Waals surface area contributed by atoms with Gasteiger partial charge >= 0.3 is 6.03 Å². The second-order valence-corrected chi connectivity index (χ2v) is 8.15. The van der Waals surface area contributed by atoms with Gasteiger partial charge in [0, 0.05) is 38.3 Å². The van der Waals surface area contributed by atoms with Gasteiger partial charge in [-0.2, -0.15) is 0 Å². The third-order valence-corrected chi connectivity index (χ3v) is 5.79. The predicted molar refractivity (Wildman–Crippen MR) is 101 cm³/mol. The maximum Gasteiger partial charge on any atom is 0.317 e. The number of carbonyl (C=O) groups is 1. The molecule has 138 valence electrons. The number of carbonyl (C=O) groups excluding carboxylic acids is 1. The summed E-state index contributed by atoms with van der Waals surface area (Å²) in [5, 5.41) is 3.24. The summed E-state index contributed by atoms with van der Waals surface area (Å²) >= 11 is 0. The number of likely N-dealkylation sites (tertiary alicyclic amines) is 1. The van der Waals surface area contributed by atoms with Crippen LogP contribution in [0.5, 0.6) is 0 Å². The van der Waals surface area contributed by atoms with Crippen LogP contribution in [0.1, 0.15) is 45.1 Å². The second-order valence-electron chi connectivity index (χ2n) is 8.15. The summed E-state index contributed by atoms with van der Waals surface area (Å²) in [5.41, 5.74) is 1.32. The molecule has 2 fully saturated rings. The van der Waals surface area contributed by atoms with Crippen LogP contribution in [0.3, 0.4) is 0 Å². The minimum atomic E-state index is 0.00618. The van der Waals surface area contributed by atoms with Crippen molar-refractivity contribution >= 4 is 6.03 Å². The summed E-state index contributed by atoms with van der Waals surface area (Å²) in [6.45, 7) is 8.56. The highest BCUT2D eigenvalue weighted by Crippen LogP contribution is 2.34. The lowest BCUT2D eigenvalue weighted by Gasteiger charge is -2.38. The number of hydrogen-bond acceptors (Lipinski definition) is 2. The molecule has 1 aromatic carbocycles. The van der Waals surface area contributed by atoms with Crippen LogP contribution in [0.4, 0.5) is 4.79 Å². The number of urea groups is 1. The lowest BCUT2D eigenvalue weighted by Crippen LogP contribution is -2.48. The van der Waals surface area contributed by atoms with Crippen LogP contribution >= 0.6 is 0 Å². The fourth-order valence-electron chi connectivity index (χ4n) is 4.35. The molecule has 4 heteroatoms. The largest absolute Gasteiger partial charge is 0.381 e. The predicted octanol–water partition coefficient (Wildman–Crippen LogP) is 3.81. The van der Waals surface area contributed by atoms with Crippen molar-refractivity contribution in [1.29, 1.82) is 0 Å². The molecule has 0 radical (unpaired) electrons. The zero-order chi connectivity index (χ0) is 17.7. The molecule has 2 aliphatic heterocycles. The highest BCUT2D eigenvalue weighted by molar-refractivity contribution is 5.74. The van der Waals surface area contributed by atoms with E-state index in [1.54, 1.807) is 0 Å². The molecule has 1 unspecified atom stereocenters. The minimum absolute atomic E-state index is 0.00618. The highest BCUT2D eigenvalue weighted by atomic mass is 16.5. The van der Waals surface area contributed by atoms with Gasteiger partial charge in [0.25, 0.3) is 0 Å². The molecular weight excluding hydrogens is 312 g/mol. The molecule has 0 aromatic heterocycles. The lowest BCUT2D eigenvalue weighted by molar-refractivity contribution is 0.0502. The van der Waals surface area contributed by atoms with E-state index < -0.39 is 0 Å². The van der Waals surface area contributed by atoms with Gasteiger partial charge in [0.05, 0.1) is 0 Å². The molecule has 2 aliphatic rings. The van der Waals surface area contributed by atoms with E-state index in [2.05, 4.69) is 43.4 Å². The molecule has 2 heterocycles. The van der Waals surface area contributed by atoms with Gasteiger partial charge in [-0.25, -0.2) is 4.79 Å². The SMILES string of the molecule is CC(C)CC1CCN(C(=O)NCC2(c3ccccc3)CCOCC2)C1. The molecule has 3 rings (SSSR count). The molecule has 1 atom stereocenters. The molecule has 1 aromatic rings. The van der Waals surface area contributed by atoms with E-state index >= 15 is 0 Å². The van der Waals surface area contributed by atoms with Crippen LogP contribution < -0.4 is 5.32 Å². The van der Waals surface area contributed by atoms with Crippen LogP contribution in [-0.4, -0.2) is 43.8 Å². The first-order valence-electron chi connectivity index (χ1n) is 9.75. The molecular formula is C21H32N2O2. The first-order valence-corrected chi connectivity index (χ1v) is 9.75. The Labute approximate surface area is 151 Å². The Kier molecular flexibility index (Phi) is 6.00. The Morgan fingerprint density at radius 1 is 1.28 bits per heavy atom. The molecule has 25 heavy (non-hydrogen) atoms. The average Bonchev–Trinajstić information content (AvgIpc) is 3.09. The van der Waals surface area contributed by atoms with Crippen molar-refractivity contribution in [2.24, 2.45) is 11.8 Å². The lowest BCUT2D eigenvalue weighted by atomic mass is 9.74. The maximum atomic E-state index is 12.7. The smallest absolute Gasteiger partial charge is 0.317 e. The highest BCUT2D eigenvalue weighted by Gasteiger charge is 2.35. The number of nitrogens with one attached hydrogen (secondary N) is 1. The number of ether oxygens (including phenoxy) is 1. The summed E-state index contributed by atoms with van der Waals surface area (Å²) in [6, 6.07) is 10.7. The molecule has 0 saturated carbocycles. The van der Waals surface area contributed by atoms with Crippen molar-refractivity contribution in [2.45, 2.75) is 44.9 Å². The monoisotopic (exact) mass is 344 g/mol. The summed E-state index contributed by atoms with van der Waals surface area (Å²) in [6.07, 6.45) is 4.29. The number of hydrogen-bond donors (Lipinski definition) is 1. The number of benzene rings is 1. The second kappa shape index (κ2) is 8.22. The van der Waals surface area contributed by atoms with Crippen molar-refractivity contribution in [3.8, 4) is 0 Å². The standard InChI is InChI=1S/C21H32N2O2/c1-17(2)14-18-8-11-23(15-18)20(24)22-16-21(9-12-25-13-10-21)19-6-4-3-5-7-19/h3-7,17-18H,8-16H2,1-2H3,(H,22,24). The van der Waals surface area contributed by atoms with Crippen LogP contribution in [0.15, 0.2) is 30.3 Å². The van der Waals surface area contributed by atoms with E-state index in [1.807, 2.05) is 11.0 Å². The first-order chi connectivity index (χ1) is 12.1. The third kappa shape index (κ3) is 4.55. The minimum Gasteiger partial charge on any atom is -0.381 e. The first kappa shape index (κ1) is 18.2. The zero-order valence-electron chi connectivity index (χ0n) is 15.7. The van der Waals surface area contributed by atoms with Crippen LogP contribution in [0, 0.1) is 11.8 Å². The van der Waals surface area contributed by atoms with Crippen molar-refractivity contribution in [2.75, 3.05) is 32.8 Å². The zero-order valence-corrected chi connectivity index (χ0v) is 15.7. The van der Waals surface area contributed by atoms with Gasteiger partial charge in [-0.05, 0) is 43.1 Å². The maximum absolute atomic E-state index is 12.7. The molecule has 2 saturated heterocycles. The normalized spacial score (nSPS) is 23.0. The van der Waals surface area contributed by atoms with E-state index in [0.717, 1.165) is 45.6 Å². The molecule has 2 amide bonds. The van der Waals surface area contributed by atoms with Crippen molar-refractivity contribution in [1.82, 2.24) is 10.2 Å². The summed E-state index contributed by atoms with van der Waals surface area (Å²) in [4.78, 5) is 14.7. The fraction of sp³-hybridized carbons (Fsp3) is 0.667. The number of nitrogens with zero attached hydrogens (tertiary/aromatic N) is 1. The van der Waals surface area contributed by atoms with Crippen LogP contribution in [0.2, 0.25) is 0 Å². The van der Waals surface area contributed by atoms with Gasteiger partial charge in [0.2, 0.25) is 0 Å². The third-order valence-electron chi connectivity index (χ3n) is 5.79. The van der Waals surface area contributed by atoms with E-state index in [9.17, 15) is 4.79 Å². The summed E-state index contributed by atoms with van der Waals surface area (Å²) in [5.74, 6) is 1.37. The van der Waals surface area contributed by atoms with Gasteiger partial charge in [-0.3, -0.25) is 0 Å². The molecule has 0 aliphatic carbocycles. The quantitative estimate of drug-likeness (QED) is 0.882. The number of amides is 2. The van der Waals surface area contributed by atoms with Gasteiger partial charge in [-0.1, -0.05) is 44.2 Å². The molecule has 4 nitrogen and oxygen atoms in total.